The SMILES string of the molecule is CC1COc2cc(Cl)ccc2N1C(=O)N1CCN(c2ncccc2C#N)CC1. The molecule has 2 amide bonds. The number of carbonyl (C=O) groups excluding carboxylic acids is 1. The van der Waals surface area contributed by atoms with Crippen LogP contribution in [0.25, 0.3) is 0 Å². The number of ether oxygens (including phenoxy) is 1. The van der Waals surface area contributed by atoms with Crippen LogP contribution < -0.4 is 14.5 Å². The molecule has 0 bridgehead atoms. The van der Waals surface area contributed by atoms with E-state index in [4.69, 9.17) is 16.3 Å². The first-order valence-electron chi connectivity index (χ1n) is 9.19. The zero-order valence-electron chi connectivity index (χ0n) is 15.5. The monoisotopic (exact) mass is 397 g/mol. The van der Waals surface area contributed by atoms with Gasteiger partial charge in [0.1, 0.15) is 24.2 Å². The van der Waals surface area contributed by atoms with Crippen molar-refractivity contribution in [2.45, 2.75) is 13.0 Å². The lowest BCUT2D eigenvalue weighted by atomic mass is 10.1. The number of hydrogen-bond acceptors (Lipinski definition) is 5. The summed E-state index contributed by atoms with van der Waals surface area (Å²) in [5, 5.41) is 9.87. The quantitative estimate of drug-likeness (QED) is 0.739. The number of rotatable bonds is 1. The molecule has 28 heavy (non-hydrogen) atoms. The Bertz CT molecular complexity index is 936. The van der Waals surface area contributed by atoms with Crippen molar-refractivity contribution >= 4 is 29.1 Å². The molecule has 2 aliphatic rings. The second-order valence-electron chi connectivity index (χ2n) is 6.89. The molecule has 1 saturated heterocycles. The van der Waals surface area contributed by atoms with E-state index in [9.17, 15) is 10.1 Å². The summed E-state index contributed by atoms with van der Waals surface area (Å²) in [5.74, 6) is 1.31. The maximum Gasteiger partial charge on any atom is 0.325 e. The highest BCUT2D eigenvalue weighted by molar-refractivity contribution is 6.30. The number of anilines is 2. The lowest BCUT2D eigenvalue weighted by Gasteiger charge is -2.41. The number of benzene rings is 1. The first-order chi connectivity index (χ1) is 13.6. The van der Waals surface area contributed by atoms with Crippen molar-refractivity contribution in [3.63, 3.8) is 0 Å². The van der Waals surface area contributed by atoms with Crippen molar-refractivity contribution in [1.29, 1.82) is 5.26 Å². The summed E-state index contributed by atoms with van der Waals surface area (Å²) in [6.07, 6.45) is 1.69. The Kier molecular flexibility index (Phi) is 4.97. The molecule has 1 aromatic carbocycles. The molecule has 0 radical (unpaired) electrons. The molecular weight excluding hydrogens is 378 g/mol. The van der Waals surface area contributed by atoms with Gasteiger partial charge in [0.05, 0.1) is 17.3 Å². The number of halogens is 1. The fourth-order valence-electron chi connectivity index (χ4n) is 3.61. The van der Waals surface area contributed by atoms with Crippen LogP contribution in [0.1, 0.15) is 12.5 Å². The fourth-order valence-corrected chi connectivity index (χ4v) is 3.78. The summed E-state index contributed by atoms with van der Waals surface area (Å²) >= 11 is 6.06. The third kappa shape index (κ3) is 3.32. The minimum absolute atomic E-state index is 0.0412. The number of amides is 2. The van der Waals surface area contributed by atoms with Crippen LogP contribution >= 0.6 is 11.6 Å². The minimum atomic E-state index is -0.0693. The molecule has 0 saturated carbocycles. The molecule has 0 spiro atoms. The summed E-state index contributed by atoms with van der Waals surface area (Å²) in [7, 11) is 0. The highest BCUT2D eigenvalue weighted by Crippen LogP contribution is 2.36. The molecule has 1 atom stereocenters. The molecule has 0 N–H and O–H groups in total. The zero-order valence-corrected chi connectivity index (χ0v) is 16.3. The van der Waals surface area contributed by atoms with Crippen molar-refractivity contribution in [2.24, 2.45) is 0 Å². The van der Waals surface area contributed by atoms with Gasteiger partial charge in [-0.1, -0.05) is 11.6 Å². The van der Waals surface area contributed by atoms with Crippen molar-refractivity contribution in [1.82, 2.24) is 9.88 Å². The lowest BCUT2D eigenvalue weighted by Crippen LogP contribution is -2.56. The van der Waals surface area contributed by atoms with Crippen LogP contribution in [0.15, 0.2) is 36.5 Å². The highest BCUT2D eigenvalue weighted by atomic mass is 35.5. The molecule has 3 heterocycles. The molecule has 0 aliphatic carbocycles. The molecule has 2 aliphatic heterocycles. The van der Waals surface area contributed by atoms with E-state index >= 15 is 0 Å². The van der Waals surface area contributed by atoms with E-state index in [0.29, 0.717) is 54.9 Å². The van der Waals surface area contributed by atoms with Gasteiger partial charge in [0.15, 0.2) is 0 Å². The predicted molar refractivity (Wildman–Crippen MR) is 107 cm³/mol. The minimum Gasteiger partial charge on any atom is -0.489 e. The van der Waals surface area contributed by atoms with Gasteiger partial charge in [0.25, 0.3) is 0 Å². The topological polar surface area (TPSA) is 72.7 Å². The van der Waals surface area contributed by atoms with Crippen LogP contribution in [0, 0.1) is 11.3 Å². The van der Waals surface area contributed by atoms with E-state index in [1.165, 1.54) is 0 Å². The molecule has 1 unspecified atom stereocenters. The third-order valence-electron chi connectivity index (χ3n) is 5.07. The number of fused-ring (bicyclic) bond motifs is 1. The van der Waals surface area contributed by atoms with Gasteiger partial charge in [-0.2, -0.15) is 5.26 Å². The highest BCUT2D eigenvalue weighted by Gasteiger charge is 2.34. The Morgan fingerprint density at radius 2 is 2.07 bits per heavy atom. The van der Waals surface area contributed by atoms with E-state index in [1.54, 1.807) is 35.4 Å². The van der Waals surface area contributed by atoms with Gasteiger partial charge in [-0.05, 0) is 31.2 Å². The smallest absolute Gasteiger partial charge is 0.325 e. The Labute approximate surface area is 168 Å². The van der Waals surface area contributed by atoms with Gasteiger partial charge in [0, 0.05) is 43.5 Å². The van der Waals surface area contributed by atoms with E-state index < -0.39 is 0 Å². The van der Waals surface area contributed by atoms with Gasteiger partial charge in [-0.15, -0.1) is 0 Å². The number of pyridine rings is 1. The normalized spacial score (nSPS) is 18.9. The van der Waals surface area contributed by atoms with Gasteiger partial charge >= 0.3 is 6.03 Å². The van der Waals surface area contributed by atoms with Crippen LogP contribution in [-0.4, -0.2) is 54.7 Å². The molecular formula is C20H20ClN5O2. The standard InChI is InChI=1S/C20H20ClN5O2/c1-14-13-28-18-11-16(21)4-5-17(18)26(14)20(27)25-9-7-24(8-10-25)19-15(12-22)3-2-6-23-19/h2-6,11,14H,7-10,13H2,1H3. The van der Waals surface area contributed by atoms with E-state index in [2.05, 4.69) is 16.0 Å². The number of nitriles is 1. The zero-order chi connectivity index (χ0) is 19.7. The number of piperazine rings is 1. The van der Waals surface area contributed by atoms with Gasteiger partial charge in [-0.3, -0.25) is 4.90 Å². The van der Waals surface area contributed by atoms with Crippen LogP contribution in [-0.2, 0) is 0 Å². The largest absolute Gasteiger partial charge is 0.489 e. The lowest BCUT2D eigenvalue weighted by molar-refractivity contribution is 0.190. The molecule has 7 nitrogen and oxygen atoms in total. The Morgan fingerprint density at radius 1 is 1.29 bits per heavy atom. The van der Waals surface area contributed by atoms with Crippen LogP contribution in [0.3, 0.4) is 0 Å². The summed E-state index contributed by atoms with van der Waals surface area (Å²) in [6.45, 7) is 4.78. The Morgan fingerprint density at radius 3 is 2.82 bits per heavy atom. The van der Waals surface area contributed by atoms with Gasteiger partial charge in [-0.25, -0.2) is 9.78 Å². The molecule has 1 fully saturated rings. The van der Waals surface area contributed by atoms with Crippen LogP contribution in [0.5, 0.6) is 5.75 Å². The first-order valence-corrected chi connectivity index (χ1v) is 9.57. The van der Waals surface area contributed by atoms with E-state index in [0.717, 1.165) is 5.69 Å². The van der Waals surface area contributed by atoms with E-state index in [1.807, 2.05) is 17.9 Å². The van der Waals surface area contributed by atoms with Crippen LogP contribution in [0.2, 0.25) is 5.02 Å². The summed E-state index contributed by atoms with van der Waals surface area (Å²) in [4.78, 5) is 23.3. The van der Waals surface area contributed by atoms with Crippen molar-refractivity contribution in [3.8, 4) is 11.8 Å². The van der Waals surface area contributed by atoms with Crippen molar-refractivity contribution < 1.29 is 9.53 Å². The van der Waals surface area contributed by atoms with Crippen molar-refractivity contribution in [2.75, 3.05) is 42.6 Å². The molecule has 4 rings (SSSR count). The van der Waals surface area contributed by atoms with E-state index in [-0.39, 0.29) is 12.1 Å². The number of carbonyl (C=O) groups is 1. The second-order valence-corrected chi connectivity index (χ2v) is 7.32. The number of nitrogens with zero attached hydrogens (tertiary/aromatic N) is 5. The molecule has 144 valence electrons. The number of urea groups is 1. The number of hydrogen-bond donors (Lipinski definition) is 0. The third-order valence-corrected chi connectivity index (χ3v) is 5.30. The maximum absolute atomic E-state index is 13.3. The summed E-state index contributed by atoms with van der Waals surface area (Å²) in [5.41, 5.74) is 1.29. The maximum atomic E-state index is 13.3. The van der Waals surface area contributed by atoms with Gasteiger partial charge in [0.2, 0.25) is 0 Å². The fraction of sp³-hybridized carbons (Fsp3) is 0.350. The summed E-state index contributed by atoms with van der Waals surface area (Å²) in [6, 6.07) is 10.9. The Hall–Kier alpha value is -2.98. The summed E-state index contributed by atoms with van der Waals surface area (Å²) < 4.78 is 5.74. The molecule has 8 heteroatoms. The van der Waals surface area contributed by atoms with Crippen molar-refractivity contribution in [3.05, 3.63) is 47.1 Å². The molecule has 1 aromatic heterocycles. The van der Waals surface area contributed by atoms with Crippen LogP contribution in [0.4, 0.5) is 16.3 Å². The predicted octanol–water partition coefficient (Wildman–Crippen LogP) is 3.14. The van der Waals surface area contributed by atoms with Gasteiger partial charge < -0.3 is 14.5 Å². The number of aromatic nitrogens is 1. The average molecular weight is 398 g/mol. The average Bonchev–Trinajstić information content (AvgIpc) is 2.73. The second kappa shape index (κ2) is 7.56. The molecule has 2 aromatic rings. The first kappa shape index (κ1) is 18.4. The Balaban J connectivity index is 1.50.